The van der Waals surface area contributed by atoms with E-state index in [0.717, 1.165) is 0 Å². The summed E-state index contributed by atoms with van der Waals surface area (Å²) in [5.74, 6) is 0.0285. The molecule has 1 atom stereocenters. The van der Waals surface area contributed by atoms with Crippen LogP contribution in [-0.4, -0.2) is 41.6 Å². The average Bonchev–Trinajstić information content (AvgIpc) is 2.38. The van der Waals surface area contributed by atoms with Gasteiger partial charge in [-0.05, 0) is 13.0 Å². The normalized spacial score (nSPS) is 12.2. The minimum absolute atomic E-state index is 0.0285. The van der Waals surface area contributed by atoms with E-state index in [0.29, 0.717) is 10.0 Å². The van der Waals surface area contributed by atoms with Gasteiger partial charge in [0.1, 0.15) is 6.61 Å². The lowest BCUT2D eigenvalue weighted by atomic mass is 10.1. The Hall–Kier alpha value is -1.22. The van der Waals surface area contributed by atoms with Gasteiger partial charge in [-0.15, -0.1) is 0 Å². The van der Waals surface area contributed by atoms with Crippen molar-refractivity contribution in [2.45, 2.75) is 13.0 Å². The van der Waals surface area contributed by atoms with Crippen LogP contribution in [0.15, 0.2) is 16.6 Å². The first kappa shape index (κ1) is 16.8. The molecule has 0 radical (unpaired) electrons. The Morgan fingerprint density at radius 1 is 1.40 bits per heavy atom. The summed E-state index contributed by atoms with van der Waals surface area (Å²) in [7, 11) is 0. The summed E-state index contributed by atoms with van der Waals surface area (Å²) >= 11 is 3.16. The molecule has 0 aliphatic rings. The summed E-state index contributed by atoms with van der Waals surface area (Å²) in [5.41, 5.74) is 0.102. The van der Waals surface area contributed by atoms with Crippen molar-refractivity contribution in [3.8, 4) is 5.75 Å². The third-order valence-corrected chi connectivity index (χ3v) is 2.88. The van der Waals surface area contributed by atoms with E-state index in [1.54, 1.807) is 6.07 Å². The van der Waals surface area contributed by atoms with Gasteiger partial charge in [0, 0.05) is 16.1 Å². The number of halogens is 1. The minimum atomic E-state index is -0.903. The quantitative estimate of drug-likeness (QED) is 0.421. The number of nitrogens with zero attached hydrogens (tertiary/aromatic N) is 1. The predicted molar refractivity (Wildman–Crippen MR) is 74.8 cm³/mol. The average molecular weight is 350 g/mol. The van der Waals surface area contributed by atoms with E-state index >= 15 is 0 Å². The lowest BCUT2D eigenvalue weighted by molar-refractivity contribution is -0.386. The Bertz CT molecular complexity index is 466. The first-order valence-electron chi connectivity index (χ1n) is 5.94. The van der Waals surface area contributed by atoms with Gasteiger partial charge >= 0.3 is 5.69 Å². The van der Waals surface area contributed by atoms with Gasteiger partial charge < -0.3 is 19.7 Å². The van der Waals surface area contributed by atoms with Gasteiger partial charge in [-0.1, -0.05) is 15.9 Å². The summed E-state index contributed by atoms with van der Waals surface area (Å²) in [5, 5.41) is 29.3. The molecule has 0 aliphatic heterocycles. The summed E-state index contributed by atoms with van der Waals surface area (Å²) in [6, 6.07) is 2.89. The fourth-order valence-electron chi connectivity index (χ4n) is 1.57. The van der Waals surface area contributed by atoms with Crippen LogP contribution in [0.3, 0.4) is 0 Å². The van der Waals surface area contributed by atoms with Crippen molar-refractivity contribution in [3.05, 3.63) is 32.3 Å². The Balaban J connectivity index is 2.92. The largest absolute Gasteiger partial charge is 0.484 e. The second-order valence-corrected chi connectivity index (χ2v) is 4.88. The van der Waals surface area contributed by atoms with Gasteiger partial charge in [0.05, 0.1) is 30.8 Å². The SMILES string of the molecule is C[C@@H](O)c1cc(Br)cc([N+](=O)[O-])c1OCCOCCO. The number of nitro groups is 1. The highest BCUT2D eigenvalue weighted by Crippen LogP contribution is 2.37. The molecule has 0 saturated carbocycles. The fraction of sp³-hybridized carbons (Fsp3) is 0.500. The van der Waals surface area contributed by atoms with Crippen LogP contribution in [0.1, 0.15) is 18.6 Å². The first-order chi connectivity index (χ1) is 9.47. The minimum Gasteiger partial charge on any atom is -0.484 e. The lowest BCUT2D eigenvalue weighted by Crippen LogP contribution is -2.11. The van der Waals surface area contributed by atoms with Crippen LogP contribution in [0.5, 0.6) is 5.75 Å². The fourth-order valence-corrected chi connectivity index (χ4v) is 2.04. The van der Waals surface area contributed by atoms with Gasteiger partial charge in [0.2, 0.25) is 5.75 Å². The standard InChI is InChI=1S/C12H16BrNO6/c1-8(16)10-6-9(13)7-11(14(17)18)12(10)20-5-4-19-3-2-15/h6-8,15-16H,2-5H2,1H3/t8-/m1/s1. The molecular weight excluding hydrogens is 334 g/mol. The summed E-state index contributed by atoms with van der Waals surface area (Å²) in [6.07, 6.45) is -0.903. The Kier molecular flexibility index (Phi) is 6.86. The molecule has 0 aliphatic carbocycles. The van der Waals surface area contributed by atoms with Crippen molar-refractivity contribution in [1.82, 2.24) is 0 Å². The van der Waals surface area contributed by atoms with E-state index < -0.39 is 11.0 Å². The molecule has 0 saturated heterocycles. The number of rotatable bonds is 8. The number of hydrogen-bond acceptors (Lipinski definition) is 6. The van der Waals surface area contributed by atoms with E-state index in [2.05, 4.69) is 15.9 Å². The van der Waals surface area contributed by atoms with Crippen LogP contribution in [0.2, 0.25) is 0 Å². The summed E-state index contributed by atoms with van der Waals surface area (Å²) in [4.78, 5) is 10.5. The zero-order valence-electron chi connectivity index (χ0n) is 10.9. The molecule has 0 amide bonds. The highest BCUT2D eigenvalue weighted by atomic mass is 79.9. The van der Waals surface area contributed by atoms with E-state index in [-0.39, 0.29) is 37.9 Å². The molecular formula is C12H16BrNO6. The van der Waals surface area contributed by atoms with Crippen molar-refractivity contribution in [3.63, 3.8) is 0 Å². The number of hydrogen-bond donors (Lipinski definition) is 2. The molecule has 8 heteroatoms. The molecule has 0 spiro atoms. The highest BCUT2D eigenvalue weighted by molar-refractivity contribution is 9.10. The number of benzene rings is 1. The van der Waals surface area contributed by atoms with E-state index in [9.17, 15) is 15.2 Å². The Labute approximate surface area is 124 Å². The van der Waals surface area contributed by atoms with Crippen LogP contribution >= 0.6 is 15.9 Å². The van der Waals surface area contributed by atoms with Gasteiger partial charge in [0.25, 0.3) is 0 Å². The highest BCUT2D eigenvalue weighted by Gasteiger charge is 2.23. The number of nitro benzene ring substituents is 1. The maximum Gasteiger partial charge on any atom is 0.312 e. The third-order valence-electron chi connectivity index (χ3n) is 2.42. The van der Waals surface area contributed by atoms with Gasteiger partial charge in [0.15, 0.2) is 0 Å². The van der Waals surface area contributed by atoms with Crippen molar-refractivity contribution in [2.24, 2.45) is 0 Å². The van der Waals surface area contributed by atoms with Crippen LogP contribution in [0.25, 0.3) is 0 Å². The van der Waals surface area contributed by atoms with Gasteiger partial charge in [-0.2, -0.15) is 0 Å². The molecule has 1 rings (SSSR count). The van der Waals surface area contributed by atoms with Crippen LogP contribution in [0.4, 0.5) is 5.69 Å². The second-order valence-electron chi connectivity index (χ2n) is 3.96. The topological polar surface area (TPSA) is 102 Å². The van der Waals surface area contributed by atoms with Crippen LogP contribution in [-0.2, 0) is 4.74 Å². The van der Waals surface area contributed by atoms with Crippen molar-refractivity contribution in [2.75, 3.05) is 26.4 Å². The second kappa shape index (κ2) is 8.15. The number of aliphatic hydroxyl groups is 2. The zero-order valence-corrected chi connectivity index (χ0v) is 12.5. The monoisotopic (exact) mass is 349 g/mol. The van der Waals surface area contributed by atoms with Crippen molar-refractivity contribution in [1.29, 1.82) is 0 Å². The molecule has 0 heterocycles. The van der Waals surface area contributed by atoms with E-state index in [1.165, 1.54) is 13.0 Å². The smallest absolute Gasteiger partial charge is 0.312 e. The Morgan fingerprint density at radius 3 is 2.65 bits per heavy atom. The molecule has 0 bridgehead atoms. The molecule has 0 fully saturated rings. The van der Waals surface area contributed by atoms with Gasteiger partial charge in [-0.3, -0.25) is 10.1 Å². The maximum atomic E-state index is 11.0. The lowest BCUT2D eigenvalue weighted by Gasteiger charge is -2.14. The summed E-state index contributed by atoms with van der Waals surface area (Å²) in [6.45, 7) is 1.85. The molecule has 1 aromatic rings. The van der Waals surface area contributed by atoms with Crippen molar-refractivity contribution >= 4 is 21.6 Å². The molecule has 1 aromatic carbocycles. The van der Waals surface area contributed by atoms with Crippen LogP contribution in [0, 0.1) is 10.1 Å². The van der Waals surface area contributed by atoms with Crippen molar-refractivity contribution < 1.29 is 24.6 Å². The zero-order chi connectivity index (χ0) is 15.1. The number of aliphatic hydroxyl groups excluding tert-OH is 2. The maximum absolute atomic E-state index is 11.0. The molecule has 0 unspecified atom stereocenters. The van der Waals surface area contributed by atoms with Gasteiger partial charge in [-0.25, -0.2) is 0 Å². The molecule has 2 N–H and O–H groups in total. The van der Waals surface area contributed by atoms with E-state index in [1.807, 2.05) is 0 Å². The summed E-state index contributed by atoms with van der Waals surface area (Å²) < 4.78 is 10.9. The number of ether oxygens (including phenoxy) is 2. The molecule has 112 valence electrons. The van der Waals surface area contributed by atoms with E-state index in [4.69, 9.17) is 14.6 Å². The Morgan fingerprint density at radius 2 is 2.10 bits per heavy atom. The molecule has 7 nitrogen and oxygen atoms in total. The molecule has 0 aromatic heterocycles. The first-order valence-corrected chi connectivity index (χ1v) is 6.74. The molecule has 20 heavy (non-hydrogen) atoms. The predicted octanol–water partition coefficient (Wildman–Crippen LogP) is 1.80. The van der Waals surface area contributed by atoms with Crippen LogP contribution < -0.4 is 4.74 Å². The third kappa shape index (κ3) is 4.71.